The van der Waals surface area contributed by atoms with E-state index in [2.05, 4.69) is 16.5 Å². The predicted octanol–water partition coefficient (Wildman–Crippen LogP) is 3.12. The average molecular weight is 241 g/mol. The summed E-state index contributed by atoms with van der Waals surface area (Å²) in [6, 6.07) is 6.90. The molecule has 0 fully saturated rings. The van der Waals surface area contributed by atoms with Crippen LogP contribution in [0.15, 0.2) is 36.7 Å². The molecule has 0 saturated heterocycles. The highest BCUT2D eigenvalue weighted by Crippen LogP contribution is 2.30. The first-order valence-corrected chi connectivity index (χ1v) is 5.72. The number of nitro benzene ring substituents is 1. The minimum atomic E-state index is -0.370. The van der Waals surface area contributed by atoms with E-state index in [1.807, 2.05) is 6.07 Å². The van der Waals surface area contributed by atoms with Crippen molar-refractivity contribution in [3.63, 3.8) is 0 Å². The van der Waals surface area contributed by atoms with Gasteiger partial charge in [-0.15, -0.1) is 0 Å². The van der Waals surface area contributed by atoms with Crippen LogP contribution in [-0.4, -0.2) is 14.5 Å². The first-order valence-electron chi connectivity index (χ1n) is 5.72. The number of hydrogen-bond donors (Lipinski definition) is 0. The van der Waals surface area contributed by atoms with E-state index in [1.165, 1.54) is 0 Å². The zero-order chi connectivity index (χ0) is 12.7. The van der Waals surface area contributed by atoms with Crippen LogP contribution in [0.1, 0.15) is 6.92 Å². The number of aromatic nitrogens is 2. The summed E-state index contributed by atoms with van der Waals surface area (Å²) in [5.74, 6) is 0. The number of benzene rings is 1. The Bertz CT molecular complexity index is 761. The Morgan fingerprint density at radius 1 is 1.28 bits per heavy atom. The van der Waals surface area contributed by atoms with Crippen molar-refractivity contribution in [1.82, 2.24) is 9.55 Å². The second-order valence-corrected chi connectivity index (χ2v) is 4.10. The molecule has 3 aromatic rings. The summed E-state index contributed by atoms with van der Waals surface area (Å²) in [4.78, 5) is 14.6. The lowest BCUT2D eigenvalue weighted by Crippen LogP contribution is -1.93. The third-order valence-electron chi connectivity index (χ3n) is 3.18. The van der Waals surface area contributed by atoms with E-state index < -0.39 is 0 Å². The molecule has 2 heterocycles. The first kappa shape index (κ1) is 10.7. The van der Waals surface area contributed by atoms with Crippen molar-refractivity contribution in [2.75, 3.05) is 0 Å². The van der Waals surface area contributed by atoms with Gasteiger partial charge in [0.1, 0.15) is 0 Å². The van der Waals surface area contributed by atoms with Crippen LogP contribution in [0.4, 0.5) is 5.69 Å². The van der Waals surface area contributed by atoms with Crippen LogP contribution in [0.25, 0.3) is 21.8 Å². The molecule has 0 bridgehead atoms. The molecule has 18 heavy (non-hydrogen) atoms. The van der Waals surface area contributed by atoms with Gasteiger partial charge in [-0.1, -0.05) is 0 Å². The van der Waals surface area contributed by atoms with Gasteiger partial charge in [0.05, 0.1) is 10.4 Å². The van der Waals surface area contributed by atoms with Crippen LogP contribution in [0.2, 0.25) is 0 Å². The molecule has 2 aromatic heterocycles. The normalized spacial score (nSPS) is 11.2. The molecule has 90 valence electrons. The second kappa shape index (κ2) is 3.80. The maximum absolute atomic E-state index is 10.8. The molecular formula is C13H11N3O2. The maximum atomic E-state index is 10.8. The highest BCUT2D eigenvalue weighted by Gasteiger charge is 2.13. The molecule has 0 aliphatic heterocycles. The maximum Gasteiger partial charge on any atom is 0.270 e. The Hall–Kier alpha value is -2.43. The van der Waals surface area contributed by atoms with E-state index in [-0.39, 0.29) is 10.6 Å². The average Bonchev–Trinajstić information content (AvgIpc) is 2.71. The molecule has 0 atom stereocenters. The van der Waals surface area contributed by atoms with Crippen molar-refractivity contribution in [2.45, 2.75) is 13.5 Å². The van der Waals surface area contributed by atoms with Crippen molar-refractivity contribution >= 4 is 27.5 Å². The summed E-state index contributed by atoms with van der Waals surface area (Å²) < 4.78 is 2.13. The molecule has 1 aromatic carbocycles. The number of hydrogen-bond acceptors (Lipinski definition) is 3. The third kappa shape index (κ3) is 1.37. The highest BCUT2D eigenvalue weighted by molar-refractivity contribution is 6.08. The van der Waals surface area contributed by atoms with E-state index in [0.29, 0.717) is 0 Å². The van der Waals surface area contributed by atoms with Gasteiger partial charge in [0.2, 0.25) is 0 Å². The van der Waals surface area contributed by atoms with Gasteiger partial charge in [-0.05, 0) is 19.1 Å². The summed E-state index contributed by atoms with van der Waals surface area (Å²) in [6.07, 6.45) is 3.50. The van der Waals surface area contributed by atoms with E-state index in [4.69, 9.17) is 0 Å². The Labute approximate surface area is 103 Å². The van der Waals surface area contributed by atoms with Gasteiger partial charge in [-0.2, -0.15) is 0 Å². The Balaban J connectivity index is 2.48. The number of rotatable bonds is 2. The van der Waals surface area contributed by atoms with Crippen molar-refractivity contribution in [2.24, 2.45) is 0 Å². The zero-order valence-electron chi connectivity index (χ0n) is 9.83. The molecule has 0 unspecified atom stereocenters. The molecule has 0 spiro atoms. The summed E-state index contributed by atoms with van der Waals surface area (Å²) in [6.45, 7) is 2.88. The van der Waals surface area contributed by atoms with Gasteiger partial charge in [-0.3, -0.25) is 15.1 Å². The molecule has 5 heteroatoms. The predicted molar refractivity (Wildman–Crippen MR) is 69.6 cm³/mol. The minimum Gasteiger partial charge on any atom is -0.341 e. The van der Waals surface area contributed by atoms with Crippen LogP contribution in [0.3, 0.4) is 0 Å². The molecule has 0 saturated carbocycles. The monoisotopic (exact) mass is 241 g/mol. The van der Waals surface area contributed by atoms with Crippen molar-refractivity contribution in [3.05, 3.63) is 46.8 Å². The van der Waals surface area contributed by atoms with Gasteiger partial charge in [0.25, 0.3) is 5.69 Å². The Kier molecular flexibility index (Phi) is 2.26. The van der Waals surface area contributed by atoms with Crippen LogP contribution in [0.5, 0.6) is 0 Å². The van der Waals surface area contributed by atoms with Crippen LogP contribution >= 0.6 is 0 Å². The van der Waals surface area contributed by atoms with E-state index in [1.54, 1.807) is 30.6 Å². The third-order valence-corrected chi connectivity index (χ3v) is 3.18. The fourth-order valence-corrected chi connectivity index (χ4v) is 2.39. The molecule has 0 radical (unpaired) electrons. The number of fused-ring (bicyclic) bond motifs is 3. The SMILES string of the molecule is CCn1c2ccncc2c2cc([N+](=O)[O-])ccc21. The highest BCUT2D eigenvalue weighted by atomic mass is 16.6. The molecule has 5 nitrogen and oxygen atoms in total. The van der Waals surface area contributed by atoms with Gasteiger partial charge in [-0.25, -0.2) is 0 Å². The topological polar surface area (TPSA) is 61.0 Å². The largest absolute Gasteiger partial charge is 0.341 e. The molecule has 0 aliphatic rings. The van der Waals surface area contributed by atoms with Crippen LogP contribution in [0, 0.1) is 10.1 Å². The Morgan fingerprint density at radius 3 is 2.78 bits per heavy atom. The van der Waals surface area contributed by atoms with Crippen LogP contribution in [-0.2, 0) is 6.54 Å². The number of pyridine rings is 1. The quantitative estimate of drug-likeness (QED) is 0.511. The van der Waals surface area contributed by atoms with E-state index >= 15 is 0 Å². The van der Waals surface area contributed by atoms with E-state index in [9.17, 15) is 10.1 Å². The molecular weight excluding hydrogens is 230 g/mol. The van der Waals surface area contributed by atoms with E-state index in [0.717, 1.165) is 28.4 Å². The molecule has 0 amide bonds. The Morgan fingerprint density at radius 2 is 2.06 bits per heavy atom. The fraction of sp³-hybridized carbons (Fsp3) is 0.154. The summed E-state index contributed by atoms with van der Waals surface area (Å²) >= 11 is 0. The second-order valence-electron chi connectivity index (χ2n) is 4.10. The smallest absolute Gasteiger partial charge is 0.270 e. The molecule has 0 aliphatic carbocycles. The zero-order valence-corrected chi connectivity index (χ0v) is 9.83. The van der Waals surface area contributed by atoms with Gasteiger partial charge in [0, 0.05) is 47.4 Å². The fourth-order valence-electron chi connectivity index (χ4n) is 2.39. The molecule has 0 N–H and O–H groups in total. The van der Waals surface area contributed by atoms with Crippen LogP contribution < -0.4 is 0 Å². The number of nitro groups is 1. The first-order chi connectivity index (χ1) is 8.72. The lowest BCUT2D eigenvalue weighted by molar-refractivity contribution is -0.384. The number of aryl methyl sites for hydroxylation is 1. The summed E-state index contributed by atoms with van der Waals surface area (Å²) in [7, 11) is 0. The van der Waals surface area contributed by atoms with Crippen molar-refractivity contribution in [3.8, 4) is 0 Å². The lowest BCUT2D eigenvalue weighted by atomic mass is 10.2. The minimum absolute atomic E-state index is 0.113. The molecule has 3 rings (SSSR count). The standard InChI is InChI=1S/C13H11N3O2/c1-2-15-12-4-3-9(16(17)18)7-10(12)11-8-14-6-5-13(11)15/h3-8H,2H2,1H3. The van der Waals surface area contributed by atoms with Gasteiger partial charge < -0.3 is 4.57 Å². The summed E-state index contributed by atoms with van der Waals surface area (Å²) in [5.41, 5.74) is 2.18. The number of non-ortho nitro benzene ring substituents is 1. The van der Waals surface area contributed by atoms with Crippen molar-refractivity contribution in [1.29, 1.82) is 0 Å². The van der Waals surface area contributed by atoms with Gasteiger partial charge in [0.15, 0.2) is 0 Å². The summed E-state index contributed by atoms with van der Waals surface area (Å²) in [5, 5.41) is 12.7. The van der Waals surface area contributed by atoms with Gasteiger partial charge >= 0.3 is 0 Å². The number of nitrogens with zero attached hydrogens (tertiary/aromatic N) is 3. The lowest BCUT2D eigenvalue weighted by Gasteiger charge is -2.01. The van der Waals surface area contributed by atoms with Crippen molar-refractivity contribution < 1.29 is 4.92 Å².